The van der Waals surface area contributed by atoms with Gasteiger partial charge in [-0.1, -0.05) is 72.8 Å². The van der Waals surface area contributed by atoms with Crippen LogP contribution in [0.5, 0.6) is 23.0 Å². The van der Waals surface area contributed by atoms with Gasteiger partial charge in [0.25, 0.3) is 0 Å². The number of aryl methyl sites for hydroxylation is 8. The Labute approximate surface area is 371 Å². The number of methoxy groups -OCH3 is 4. The van der Waals surface area contributed by atoms with E-state index < -0.39 is 15.8 Å². The van der Waals surface area contributed by atoms with Crippen LogP contribution in [-0.4, -0.2) is 28.4 Å². The van der Waals surface area contributed by atoms with Crippen LogP contribution in [0.25, 0.3) is 21.5 Å². The highest BCUT2D eigenvalue weighted by Gasteiger charge is 2.23. The number of hydrogen-bond donors (Lipinski definition) is 0. The molecule has 0 fully saturated rings. The van der Waals surface area contributed by atoms with Crippen LogP contribution in [0.3, 0.4) is 0 Å². The molecule has 0 aromatic heterocycles. The van der Waals surface area contributed by atoms with Crippen molar-refractivity contribution in [3.63, 3.8) is 0 Å². The summed E-state index contributed by atoms with van der Waals surface area (Å²) in [6, 6.07) is 51.4. The number of fused-ring (bicyclic) bond motifs is 2. The zero-order valence-corrected chi connectivity index (χ0v) is 39.9. The van der Waals surface area contributed by atoms with Crippen LogP contribution >= 0.6 is 15.8 Å². The van der Waals surface area contributed by atoms with E-state index in [4.69, 9.17) is 18.9 Å². The second-order valence-corrected chi connectivity index (χ2v) is 20.4. The van der Waals surface area contributed by atoms with Gasteiger partial charge in [0.15, 0.2) is 0 Å². The lowest BCUT2D eigenvalue weighted by molar-refractivity contribution is 0.408. The second kappa shape index (κ2) is 19.2. The lowest BCUT2D eigenvalue weighted by Gasteiger charge is -2.23. The molecule has 0 aliphatic carbocycles. The van der Waals surface area contributed by atoms with Gasteiger partial charge in [0.1, 0.15) is 23.0 Å². The van der Waals surface area contributed by atoms with Crippen LogP contribution in [0.15, 0.2) is 121 Å². The molecule has 0 aliphatic rings. The lowest BCUT2D eigenvalue weighted by Crippen LogP contribution is -2.22. The standard InChI is InChI=1S/2C28H28O2P/c2*1-18-13-25(14-19(2)27(18)29-5)31(26-15-20(3)28(30-6)21(4)16-26)24-12-11-22-9-7-8-10-23(22)17-24/h2*7-16H,1-6H3. The van der Waals surface area contributed by atoms with Crippen LogP contribution in [0.4, 0.5) is 0 Å². The van der Waals surface area contributed by atoms with E-state index in [0.717, 1.165) is 78.3 Å². The van der Waals surface area contributed by atoms with Gasteiger partial charge in [0, 0.05) is 0 Å². The summed E-state index contributed by atoms with van der Waals surface area (Å²) in [6.07, 6.45) is 0. The van der Waals surface area contributed by atoms with Gasteiger partial charge < -0.3 is 18.9 Å². The van der Waals surface area contributed by atoms with E-state index in [9.17, 15) is 0 Å². The maximum atomic E-state index is 5.63. The van der Waals surface area contributed by atoms with Crippen LogP contribution in [0.2, 0.25) is 0 Å². The highest BCUT2D eigenvalue weighted by molar-refractivity contribution is 7.80. The zero-order chi connectivity index (χ0) is 44.2. The maximum Gasteiger partial charge on any atom is 0.124 e. The predicted molar refractivity (Wildman–Crippen MR) is 267 cm³/mol. The Morgan fingerprint density at radius 3 is 0.806 bits per heavy atom. The first-order valence-electron chi connectivity index (χ1n) is 20.9. The molecular formula is C56H56O4P2. The molecule has 2 radical (unpaired) electrons. The SMILES string of the molecule is COc1c(C)cc(P(c2[c]c3ccccc3cc2)c2cc(C)c(OC)c(C)c2)cc1C.COc1c(C)cc(P(c2[c]c3ccccc3cc2)c2cc(C)c(OC)c(C)c2)cc1C. The molecule has 6 heteroatoms. The summed E-state index contributed by atoms with van der Waals surface area (Å²) in [5, 5.41) is 12.4. The summed E-state index contributed by atoms with van der Waals surface area (Å²) < 4.78 is 22.5. The van der Waals surface area contributed by atoms with Gasteiger partial charge in [-0.15, -0.1) is 0 Å². The number of benzene rings is 8. The largest absolute Gasteiger partial charge is 0.496 e. The molecule has 0 bridgehead atoms. The first kappa shape index (κ1) is 44.4. The molecule has 0 spiro atoms. The summed E-state index contributed by atoms with van der Waals surface area (Å²) in [4.78, 5) is 0. The Kier molecular flexibility index (Phi) is 13.7. The third-order valence-corrected chi connectivity index (χ3v) is 16.0. The van der Waals surface area contributed by atoms with Crippen LogP contribution in [-0.2, 0) is 0 Å². The molecule has 0 heterocycles. The third kappa shape index (κ3) is 9.10. The highest BCUT2D eigenvalue weighted by Crippen LogP contribution is 2.40. The molecule has 0 unspecified atom stereocenters. The highest BCUT2D eigenvalue weighted by atomic mass is 31.1. The van der Waals surface area contributed by atoms with Gasteiger partial charge in [-0.3, -0.25) is 0 Å². The summed E-state index contributed by atoms with van der Waals surface area (Å²) in [7, 11) is 5.39. The Morgan fingerprint density at radius 2 is 0.565 bits per heavy atom. The first-order valence-corrected chi connectivity index (χ1v) is 23.6. The van der Waals surface area contributed by atoms with Crippen molar-refractivity contribution in [2.45, 2.75) is 55.4 Å². The average molecular weight is 855 g/mol. The molecular weight excluding hydrogens is 799 g/mol. The molecule has 0 saturated heterocycles. The minimum Gasteiger partial charge on any atom is -0.496 e. The molecule has 314 valence electrons. The Morgan fingerprint density at radius 1 is 0.323 bits per heavy atom. The molecule has 0 aliphatic heterocycles. The second-order valence-electron chi connectivity index (χ2n) is 16.0. The fourth-order valence-corrected chi connectivity index (χ4v) is 14.0. The van der Waals surface area contributed by atoms with Crippen molar-refractivity contribution in [3.8, 4) is 23.0 Å². The average Bonchev–Trinajstić information content (AvgIpc) is 3.24. The molecule has 4 nitrogen and oxygen atoms in total. The van der Waals surface area contributed by atoms with Gasteiger partial charge in [-0.2, -0.15) is 0 Å². The van der Waals surface area contributed by atoms with Gasteiger partial charge in [-0.25, -0.2) is 0 Å². The number of hydrogen-bond acceptors (Lipinski definition) is 4. The Hall–Kier alpha value is -5.66. The zero-order valence-electron chi connectivity index (χ0n) is 38.1. The van der Waals surface area contributed by atoms with Crippen molar-refractivity contribution in [2.24, 2.45) is 0 Å². The minimum atomic E-state index is -0.785. The van der Waals surface area contributed by atoms with Crippen molar-refractivity contribution in [2.75, 3.05) is 28.4 Å². The van der Waals surface area contributed by atoms with E-state index in [0.29, 0.717) is 0 Å². The van der Waals surface area contributed by atoms with Crippen molar-refractivity contribution < 1.29 is 18.9 Å². The van der Waals surface area contributed by atoms with E-state index in [1.54, 1.807) is 28.4 Å². The third-order valence-electron chi connectivity index (χ3n) is 11.4. The minimum absolute atomic E-state index is 0.785. The summed E-state index contributed by atoms with van der Waals surface area (Å²) in [5.74, 6) is 3.85. The molecule has 62 heavy (non-hydrogen) atoms. The molecule has 8 aromatic carbocycles. The van der Waals surface area contributed by atoms with Crippen LogP contribution < -0.4 is 50.8 Å². The summed E-state index contributed by atoms with van der Waals surface area (Å²) >= 11 is 0. The number of rotatable bonds is 10. The molecule has 0 saturated carbocycles. The van der Waals surface area contributed by atoms with E-state index >= 15 is 0 Å². The lowest BCUT2D eigenvalue weighted by atomic mass is 10.1. The summed E-state index contributed by atoms with van der Waals surface area (Å²) in [5.41, 5.74) is 9.28. The molecule has 0 amide bonds. The number of ether oxygens (including phenoxy) is 4. The Bertz CT molecular complexity index is 2510. The normalized spacial score (nSPS) is 11.2. The van der Waals surface area contributed by atoms with Crippen LogP contribution in [0.1, 0.15) is 44.5 Å². The molecule has 8 rings (SSSR count). The molecule has 8 aromatic rings. The molecule has 0 atom stereocenters. The van der Waals surface area contributed by atoms with Crippen molar-refractivity contribution in [3.05, 3.63) is 178 Å². The van der Waals surface area contributed by atoms with Gasteiger partial charge in [0.05, 0.1) is 28.4 Å². The monoisotopic (exact) mass is 854 g/mol. The van der Waals surface area contributed by atoms with Gasteiger partial charge in [-0.05, 0) is 230 Å². The first-order chi connectivity index (χ1) is 29.8. The maximum absolute atomic E-state index is 5.63. The van der Waals surface area contributed by atoms with E-state index in [2.05, 4.69) is 189 Å². The smallest absolute Gasteiger partial charge is 0.124 e. The van der Waals surface area contributed by atoms with Gasteiger partial charge in [0.2, 0.25) is 0 Å². The quantitative estimate of drug-likeness (QED) is 0.128. The summed E-state index contributed by atoms with van der Waals surface area (Å²) in [6.45, 7) is 17.0. The van der Waals surface area contributed by atoms with Crippen molar-refractivity contribution in [1.82, 2.24) is 0 Å². The topological polar surface area (TPSA) is 36.9 Å². The predicted octanol–water partition coefficient (Wildman–Crippen LogP) is 11.3. The van der Waals surface area contributed by atoms with Gasteiger partial charge >= 0.3 is 0 Å². The Balaban J connectivity index is 0.000000186. The van der Waals surface area contributed by atoms with Crippen molar-refractivity contribution in [1.29, 1.82) is 0 Å². The van der Waals surface area contributed by atoms with Crippen molar-refractivity contribution >= 4 is 69.2 Å². The fourth-order valence-electron chi connectivity index (χ4n) is 8.84. The van der Waals surface area contributed by atoms with Crippen LogP contribution in [0, 0.1) is 67.5 Å². The van der Waals surface area contributed by atoms with E-state index in [-0.39, 0.29) is 0 Å². The molecule has 0 N–H and O–H groups in total. The van der Waals surface area contributed by atoms with E-state index in [1.165, 1.54) is 42.6 Å². The van der Waals surface area contributed by atoms with E-state index in [1.807, 2.05) is 0 Å². The fraction of sp³-hybridized carbons (Fsp3) is 0.214.